The van der Waals surface area contributed by atoms with Gasteiger partial charge in [-0.25, -0.2) is 0 Å². The zero-order chi connectivity index (χ0) is 13.3. The number of aromatic nitrogens is 2. The molecule has 0 radical (unpaired) electrons. The van der Waals surface area contributed by atoms with Gasteiger partial charge in [0.25, 0.3) is 0 Å². The van der Waals surface area contributed by atoms with Gasteiger partial charge < -0.3 is 5.11 Å². The number of hydrogen-bond donors (Lipinski definition) is 1. The Balaban J connectivity index is 2.26. The summed E-state index contributed by atoms with van der Waals surface area (Å²) < 4.78 is 1.76. The van der Waals surface area contributed by atoms with Crippen molar-refractivity contribution < 1.29 is 5.11 Å². The Hall–Kier alpha value is -1.61. The summed E-state index contributed by atoms with van der Waals surface area (Å²) in [6.07, 6.45) is 4.31. The first-order valence-electron chi connectivity index (χ1n) is 6.16. The normalized spacial score (nSPS) is 14.5. The van der Waals surface area contributed by atoms with Gasteiger partial charge in [0.1, 0.15) is 0 Å². The van der Waals surface area contributed by atoms with Crippen LogP contribution in [0.3, 0.4) is 0 Å². The lowest BCUT2D eigenvalue weighted by atomic mass is 9.88. The number of aryl methyl sites for hydroxylation is 3. The van der Waals surface area contributed by atoms with Crippen LogP contribution < -0.4 is 0 Å². The second-order valence-electron chi connectivity index (χ2n) is 5.27. The number of hydrogen-bond acceptors (Lipinski definition) is 2. The third kappa shape index (κ3) is 2.62. The van der Waals surface area contributed by atoms with Crippen LogP contribution in [0.4, 0.5) is 0 Å². The predicted octanol–water partition coefficient (Wildman–Crippen LogP) is 2.49. The van der Waals surface area contributed by atoms with Crippen LogP contribution in [0.5, 0.6) is 0 Å². The Kier molecular flexibility index (Phi) is 3.26. The molecule has 0 aliphatic heterocycles. The van der Waals surface area contributed by atoms with Crippen LogP contribution in [0.1, 0.15) is 29.2 Å². The molecule has 2 aromatic rings. The van der Waals surface area contributed by atoms with Gasteiger partial charge in [0.2, 0.25) is 0 Å². The van der Waals surface area contributed by atoms with Crippen LogP contribution in [0.15, 0.2) is 30.6 Å². The number of nitrogens with zero attached hydrogens (tertiary/aromatic N) is 2. The van der Waals surface area contributed by atoms with Crippen molar-refractivity contribution in [1.29, 1.82) is 0 Å². The van der Waals surface area contributed by atoms with Crippen molar-refractivity contribution in [3.8, 4) is 0 Å². The van der Waals surface area contributed by atoms with E-state index >= 15 is 0 Å². The molecule has 1 aromatic heterocycles. The molecule has 96 valence electrons. The first-order valence-corrected chi connectivity index (χ1v) is 6.16. The van der Waals surface area contributed by atoms with E-state index in [0.29, 0.717) is 6.42 Å². The van der Waals surface area contributed by atoms with E-state index in [2.05, 4.69) is 31.1 Å². The van der Waals surface area contributed by atoms with E-state index in [-0.39, 0.29) is 0 Å². The summed E-state index contributed by atoms with van der Waals surface area (Å²) in [5.41, 5.74) is 3.59. The first kappa shape index (κ1) is 12.8. The third-order valence-corrected chi connectivity index (χ3v) is 3.44. The van der Waals surface area contributed by atoms with Gasteiger partial charge in [-0.05, 0) is 43.0 Å². The molecule has 1 aromatic carbocycles. The fourth-order valence-corrected chi connectivity index (χ4v) is 2.14. The summed E-state index contributed by atoms with van der Waals surface area (Å²) in [5, 5.41) is 14.8. The molecule has 2 rings (SSSR count). The molecule has 1 N–H and O–H groups in total. The fraction of sp³-hybridized carbons (Fsp3) is 0.400. The Labute approximate surface area is 108 Å². The molecule has 1 atom stereocenters. The van der Waals surface area contributed by atoms with Gasteiger partial charge >= 0.3 is 0 Å². The minimum atomic E-state index is -0.860. The predicted molar refractivity (Wildman–Crippen MR) is 72.4 cm³/mol. The van der Waals surface area contributed by atoms with Crippen molar-refractivity contribution in [3.63, 3.8) is 0 Å². The third-order valence-electron chi connectivity index (χ3n) is 3.44. The van der Waals surface area contributed by atoms with Crippen LogP contribution in [-0.4, -0.2) is 14.9 Å². The summed E-state index contributed by atoms with van der Waals surface area (Å²) >= 11 is 0. The molecule has 0 saturated heterocycles. The molecule has 3 heteroatoms. The Morgan fingerprint density at radius 3 is 2.56 bits per heavy atom. The van der Waals surface area contributed by atoms with E-state index < -0.39 is 5.60 Å². The molecule has 1 unspecified atom stereocenters. The Morgan fingerprint density at radius 1 is 1.28 bits per heavy atom. The average molecular weight is 244 g/mol. The molecule has 0 aliphatic rings. The average Bonchev–Trinajstić information content (AvgIpc) is 2.67. The van der Waals surface area contributed by atoms with E-state index in [9.17, 15) is 5.11 Å². The highest BCUT2D eigenvalue weighted by Gasteiger charge is 2.24. The second kappa shape index (κ2) is 4.58. The molecule has 3 nitrogen and oxygen atoms in total. The SMILES string of the molecule is Cc1ccc(C(C)(O)Cc2cnn(C)c2)cc1C. The minimum Gasteiger partial charge on any atom is -0.385 e. The van der Waals surface area contributed by atoms with Crippen molar-refractivity contribution in [2.24, 2.45) is 7.05 Å². The van der Waals surface area contributed by atoms with E-state index in [1.807, 2.05) is 26.2 Å². The smallest absolute Gasteiger partial charge is 0.0909 e. The Bertz CT molecular complexity index is 555. The van der Waals surface area contributed by atoms with Crippen LogP contribution in [-0.2, 0) is 19.1 Å². The quantitative estimate of drug-likeness (QED) is 0.900. The fourth-order valence-electron chi connectivity index (χ4n) is 2.14. The van der Waals surface area contributed by atoms with Gasteiger partial charge in [0.05, 0.1) is 11.8 Å². The van der Waals surface area contributed by atoms with Gasteiger partial charge in [0, 0.05) is 19.7 Å². The minimum absolute atomic E-state index is 0.573. The Morgan fingerprint density at radius 2 is 2.00 bits per heavy atom. The summed E-state index contributed by atoms with van der Waals surface area (Å²) in [6.45, 7) is 6.00. The molecule has 18 heavy (non-hydrogen) atoms. The zero-order valence-corrected chi connectivity index (χ0v) is 11.4. The van der Waals surface area contributed by atoms with Crippen molar-refractivity contribution in [1.82, 2.24) is 9.78 Å². The highest BCUT2D eigenvalue weighted by atomic mass is 16.3. The topological polar surface area (TPSA) is 38.1 Å². The van der Waals surface area contributed by atoms with Gasteiger partial charge in [-0.2, -0.15) is 5.10 Å². The van der Waals surface area contributed by atoms with Gasteiger partial charge in [-0.15, -0.1) is 0 Å². The summed E-state index contributed by atoms with van der Waals surface area (Å²) in [7, 11) is 1.88. The summed E-state index contributed by atoms with van der Waals surface area (Å²) in [5.74, 6) is 0. The standard InChI is InChI=1S/C15H20N2O/c1-11-5-6-14(7-12(11)2)15(3,18)8-13-9-16-17(4)10-13/h5-7,9-10,18H,8H2,1-4H3. The lowest BCUT2D eigenvalue weighted by molar-refractivity contribution is 0.0575. The van der Waals surface area contributed by atoms with E-state index in [1.54, 1.807) is 10.9 Å². The molecule has 0 saturated carbocycles. The lowest BCUT2D eigenvalue weighted by Gasteiger charge is -2.24. The maximum Gasteiger partial charge on any atom is 0.0909 e. The van der Waals surface area contributed by atoms with Crippen molar-refractivity contribution in [3.05, 3.63) is 52.8 Å². The molecule has 0 fully saturated rings. The first-order chi connectivity index (χ1) is 8.38. The zero-order valence-electron chi connectivity index (χ0n) is 11.4. The maximum absolute atomic E-state index is 10.6. The molecule has 0 amide bonds. The number of rotatable bonds is 3. The van der Waals surface area contributed by atoms with Crippen LogP contribution in [0.25, 0.3) is 0 Å². The molecule has 0 bridgehead atoms. The van der Waals surface area contributed by atoms with Gasteiger partial charge in [-0.3, -0.25) is 4.68 Å². The largest absolute Gasteiger partial charge is 0.385 e. The molecule has 0 spiro atoms. The van der Waals surface area contributed by atoms with Crippen LogP contribution in [0, 0.1) is 13.8 Å². The van der Waals surface area contributed by atoms with Crippen LogP contribution >= 0.6 is 0 Å². The summed E-state index contributed by atoms with van der Waals surface area (Å²) in [6, 6.07) is 6.12. The molecule has 1 heterocycles. The van der Waals surface area contributed by atoms with Crippen LogP contribution in [0.2, 0.25) is 0 Å². The van der Waals surface area contributed by atoms with Gasteiger partial charge in [0.15, 0.2) is 0 Å². The number of benzene rings is 1. The van der Waals surface area contributed by atoms with E-state index in [0.717, 1.165) is 11.1 Å². The van der Waals surface area contributed by atoms with Gasteiger partial charge in [-0.1, -0.05) is 18.2 Å². The highest BCUT2D eigenvalue weighted by Crippen LogP contribution is 2.26. The highest BCUT2D eigenvalue weighted by molar-refractivity contribution is 5.33. The number of aliphatic hydroxyl groups is 1. The molecular weight excluding hydrogens is 224 g/mol. The maximum atomic E-state index is 10.6. The molecular formula is C15H20N2O. The second-order valence-corrected chi connectivity index (χ2v) is 5.27. The van der Waals surface area contributed by atoms with E-state index in [4.69, 9.17) is 0 Å². The van der Waals surface area contributed by atoms with E-state index in [1.165, 1.54) is 11.1 Å². The summed E-state index contributed by atoms with van der Waals surface area (Å²) in [4.78, 5) is 0. The van der Waals surface area contributed by atoms with Crippen molar-refractivity contribution in [2.75, 3.05) is 0 Å². The monoisotopic (exact) mass is 244 g/mol. The van der Waals surface area contributed by atoms with Crippen molar-refractivity contribution >= 4 is 0 Å². The molecule has 0 aliphatic carbocycles. The lowest BCUT2D eigenvalue weighted by Crippen LogP contribution is -2.24. The van der Waals surface area contributed by atoms with Crippen molar-refractivity contribution in [2.45, 2.75) is 32.8 Å².